The summed E-state index contributed by atoms with van der Waals surface area (Å²) in [7, 11) is 1.81. The van der Waals surface area contributed by atoms with Gasteiger partial charge in [0, 0.05) is 35.5 Å². The number of ether oxygens (including phenoxy) is 1. The van der Waals surface area contributed by atoms with E-state index in [9.17, 15) is 4.79 Å². The number of aryl methyl sites for hydroxylation is 3. The van der Waals surface area contributed by atoms with Gasteiger partial charge in [0.05, 0.1) is 11.4 Å². The minimum Gasteiger partial charge on any atom is -0.439 e. The monoisotopic (exact) mass is 372 g/mol. The molecule has 26 heavy (non-hydrogen) atoms. The van der Waals surface area contributed by atoms with Crippen LogP contribution in [-0.2, 0) is 11.8 Å². The predicted molar refractivity (Wildman–Crippen MR) is 95.8 cm³/mol. The first-order chi connectivity index (χ1) is 12.4. The van der Waals surface area contributed by atoms with Crippen molar-refractivity contribution < 1.29 is 14.1 Å². The third-order valence-corrected chi connectivity index (χ3v) is 4.74. The van der Waals surface area contributed by atoms with Crippen LogP contribution in [0.2, 0.25) is 5.02 Å². The lowest BCUT2D eigenvalue weighted by atomic mass is 9.86. The van der Waals surface area contributed by atoms with Crippen molar-refractivity contribution in [2.45, 2.75) is 26.2 Å². The average Bonchev–Trinajstić information content (AvgIpc) is 3.09. The van der Waals surface area contributed by atoms with Gasteiger partial charge in [0.2, 0.25) is 17.7 Å². The molecule has 7 nitrogen and oxygen atoms in total. The Kier molecular flexibility index (Phi) is 3.96. The van der Waals surface area contributed by atoms with Crippen molar-refractivity contribution in [3.8, 4) is 11.6 Å². The molecule has 1 amide bonds. The number of fused-ring (bicyclic) bond motifs is 1. The zero-order valence-corrected chi connectivity index (χ0v) is 15.3. The number of aromatic nitrogens is 3. The molecule has 1 aliphatic rings. The first-order valence-corrected chi connectivity index (χ1v) is 8.54. The summed E-state index contributed by atoms with van der Waals surface area (Å²) < 4.78 is 13.0. The van der Waals surface area contributed by atoms with E-state index in [0.717, 1.165) is 22.5 Å². The second-order valence-corrected chi connectivity index (χ2v) is 6.74. The second kappa shape index (κ2) is 6.17. The number of halogens is 1. The Morgan fingerprint density at radius 2 is 1.96 bits per heavy atom. The molecule has 0 aliphatic carbocycles. The van der Waals surface area contributed by atoms with Gasteiger partial charge in [-0.1, -0.05) is 16.8 Å². The summed E-state index contributed by atoms with van der Waals surface area (Å²) in [4.78, 5) is 12.2. The average molecular weight is 373 g/mol. The maximum Gasteiger partial charge on any atom is 0.235 e. The fourth-order valence-corrected chi connectivity index (χ4v) is 3.50. The summed E-state index contributed by atoms with van der Waals surface area (Å²) >= 11 is 5.95. The first-order valence-electron chi connectivity index (χ1n) is 8.17. The Morgan fingerprint density at radius 3 is 2.69 bits per heavy atom. The molecule has 0 bridgehead atoms. The number of rotatable bonds is 3. The van der Waals surface area contributed by atoms with Gasteiger partial charge in [0.15, 0.2) is 0 Å². The van der Waals surface area contributed by atoms with Crippen LogP contribution in [0, 0.1) is 13.8 Å². The zero-order valence-electron chi connectivity index (χ0n) is 14.5. The molecule has 3 heterocycles. The molecular weight excluding hydrogens is 356 g/mol. The Labute approximate surface area is 154 Å². The van der Waals surface area contributed by atoms with Crippen LogP contribution in [0.15, 0.2) is 28.8 Å². The van der Waals surface area contributed by atoms with Gasteiger partial charge in [0.25, 0.3) is 0 Å². The summed E-state index contributed by atoms with van der Waals surface area (Å²) in [6.45, 7) is 3.76. The molecular formula is C18H17ClN4O3. The SMILES string of the molecule is Cc1noc2c1[C@H](c1c(C)nn(C)c1Oc1ccc(Cl)cc1)CC(=O)N2. The summed E-state index contributed by atoms with van der Waals surface area (Å²) in [5, 5.41) is 11.9. The molecule has 1 aromatic carbocycles. The number of hydrogen-bond acceptors (Lipinski definition) is 5. The van der Waals surface area contributed by atoms with Crippen molar-refractivity contribution in [1.29, 1.82) is 0 Å². The number of nitrogens with zero attached hydrogens (tertiary/aromatic N) is 3. The van der Waals surface area contributed by atoms with E-state index in [2.05, 4.69) is 15.6 Å². The van der Waals surface area contributed by atoms with Crippen LogP contribution in [-0.4, -0.2) is 20.8 Å². The van der Waals surface area contributed by atoms with E-state index >= 15 is 0 Å². The number of amides is 1. The Bertz CT molecular complexity index is 991. The van der Waals surface area contributed by atoms with Gasteiger partial charge < -0.3 is 9.26 Å². The lowest BCUT2D eigenvalue weighted by Gasteiger charge is -2.22. The molecule has 1 aliphatic heterocycles. The lowest BCUT2D eigenvalue weighted by Crippen LogP contribution is -2.23. The van der Waals surface area contributed by atoms with Crippen LogP contribution in [0.5, 0.6) is 11.6 Å². The van der Waals surface area contributed by atoms with E-state index in [0.29, 0.717) is 22.5 Å². The van der Waals surface area contributed by atoms with Crippen molar-refractivity contribution in [3.63, 3.8) is 0 Å². The fraction of sp³-hybridized carbons (Fsp3) is 0.278. The van der Waals surface area contributed by atoms with Crippen LogP contribution in [0.4, 0.5) is 5.88 Å². The lowest BCUT2D eigenvalue weighted by molar-refractivity contribution is -0.116. The van der Waals surface area contributed by atoms with Crippen molar-refractivity contribution in [1.82, 2.24) is 14.9 Å². The Balaban J connectivity index is 1.81. The van der Waals surface area contributed by atoms with Gasteiger partial charge in [-0.3, -0.25) is 10.1 Å². The number of carbonyl (C=O) groups excluding carboxylic acids is 1. The maximum atomic E-state index is 12.2. The smallest absolute Gasteiger partial charge is 0.235 e. The molecule has 3 aromatic rings. The van der Waals surface area contributed by atoms with Crippen LogP contribution in [0.3, 0.4) is 0 Å². The molecule has 0 radical (unpaired) electrons. The molecule has 0 saturated carbocycles. The van der Waals surface area contributed by atoms with E-state index in [1.165, 1.54) is 0 Å². The molecule has 134 valence electrons. The molecule has 0 spiro atoms. The van der Waals surface area contributed by atoms with Gasteiger partial charge in [-0.15, -0.1) is 0 Å². The number of anilines is 1. The maximum absolute atomic E-state index is 12.2. The minimum absolute atomic E-state index is 0.126. The molecule has 8 heteroatoms. The molecule has 0 unspecified atom stereocenters. The molecule has 2 aromatic heterocycles. The Hall–Kier alpha value is -2.80. The van der Waals surface area contributed by atoms with E-state index in [1.54, 1.807) is 28.9 Å². The van der Waals surface area contributed by atoms with E-state index in [-0.39, 0.29) is 18.2 Å². The van der Waals surface area contributed by atoms with E-state index in [4.69, 9.17) is 20.9 Å². The number of benzene rings is 1. The largest absolute Gasteiger partial charge is 0.439 e. The molecule has 1 N–H and O–H groups in total. The highest BCUT2D eigenvalue weighted by atomic mass is 35.5. The van der Waals surface area contributed by atoms with Gasteiger partial charge in [-0.25, -0.2) is 4.68 Å². The molecule has 4 rings (SSSR count). The number of carbonyl (C=O) groups is 1. The van der Waals surface area contributed by atoms with Crippen molar-refractivity contribution in [2.24, 2.45) is 7.05 Å². The highest BCUT2D eigenvalue weighted by molar-refractivity contribution is 6.30. The number of hydrogen-bond donors (Lipinski definition) is 1. The summed E-state index contributed by atoms with van der Waals surface area (Å²) in [6, 6.07) is 7.10. The standard InChI is InChI=1S/C18H17ClN4O3/c1-9-16(13-8-14(24)20-17-15(13)10(2)22-26-17)18(23(3)21-9)25-12-6-4-11(19)5-7-12/h4-7,13H,8H2,1-3H3,(H,20,24)/t13-/m1/s1. The minimum atomic E-state index is -0.235. The molecule has 0 fully saturated rings. The first kappa shape index (κ1) is 16.7. The van der Waals surface area contributed by atoms with Crippen molar-refractivity contribution in [3.05, 3.63) is 51.8 Å². The fourth-order valence-electron chi connectivity index (χ4n) is 3.38. The summed E-state index contributed by atoms with van der Waals surface area (Å²) in [5.74, 6) is 1.25. The molecule has 0 saturated heterocycles. The summed E-state index contributed by atoms with van der Waals surface area (Å²) in [5.41, 5.74) is 3.25. The van der Waals surface area contributed by atoms with Crippen LogP contribution in [0.1, 0.15) is 34.9 Å². The zero-order chi connectivity index (χ0) is 18.4. The van der Waals surface area contributed by atoms with Crippen LogP contribution in [0.25, 0.3) is 0 Å². The third kappa shape index (κ3) is 2.74. The van der Waals surface area contributed by atoms with Crippen molar-refractivity contribution >= 4 is 23.4 Å². The van der Waals surface area contributed by atoms with Crippen molar-refractivity contribution in [2.75, 3.05) is 5.32 Å². The third-order valence-electron chi connectivity index (χ3n) is 4.49. The number of nitrogens with one attached hydrogen (secondary N) is 1. The van der Waals surface area contributed by atoms with Crippen LogP contribution < -0.4 is 10.1 Å². The summed E-state index contributed by atoms with van der Waals surface area (Å²) in [6.07, 6.45) is 0.276. The van der Waals surface area contributed by atoms with Crippen LogP contribution >= 0.6 is 11.6 Å². The highest BCUT2D eigenvalue weighted by Crippen LogP contribution is 2.44. The second-order valence-electron chi connectivity index (χ2n) is 6.30. The van der Waals surface area contributed by atoms with Gasteiger partial charge in [-0.05, 0) is 38.1 Å². The topological polar surface area (TPSA) is 82.2 Å². The Morgan fingerprint density at radius 1 is 1.23 bits per heavy atom. The van der Waals surface area contributed by atoms with Gasteiger partial charge in [-0.2, -0.15) is 5.10 Å². The van der Waals surface area contributed by atoms with E-state index in [1.807, 2.05) is 20.9 Å². The quantitative estimate of drug-likeness (QED) is 0.752. The molecule has 1 atom stereocenters. The van der Waals surface area contributed by atoms with Gasteiger partial charge in [0.1, 0.15) is 5.75 Å². The predicted octanol–water partition coefficient (Wildman–Crippen LogP) is 3.94. The highest BCUT2D eigenvalue weighted by Gasteiger charge is 2.36. The van der Waals surface area contributed by atoms with Gasteiger partial charge >= 0.3 is 0 Å². The normalized spacial score (nSPS) is 16.3. The van der Waals surface area contributed by atoms with E-state index < -0.39 is 0 Å².